The van der Waals surface area contributed by atoms with Gasteiger partial charge in [-0.2, -0.15) is 0 Å². The van der Waals surface area contributed by atoms with Gasteiger partial charge in [0, 0.05) is 18.3 Å². The summed E-state index contributed by atoms with van der Waals surface area (Å²) in [4.78, 5) is 1.76. The van der Waals surface area contributed by atoms with Gasteiger partial charge in [-0.05, 0) is 18.2 Å². The average molecular weight is 275 g/mol. The number of para-hydroxylation sites is 1. The van der Waals surface area contributed by atoms with E-state index in [2.05, 4.69) is 0 Å². The van der Waals surface area contributed by atoms with Gasteiger partial charge in [-0.25, -0.2) is 4.39 Å². The number of rotatable bonds is 5. The van der Waals surface area contributed by atoms with Crippen LogP contribution in [0.1, 0.15) is 11.6 Å². The van der Waals surface area contributed by atoms with Crippen molar-refractivity contribution in [2.75, 3.05) is 18.6 Å². The van der Waals surface area contributed by atoms with E-state index in [1.807, 2.05) is 30.3 Å². The molecule has 0 radical (unpaired) electrons. The summed E-state index contributed by atoms with van der Waals surface area (Å²) in [6.07, 6.45) is -1.07. The third kappa shape index (κ3) is 2.98. The summed E-state index contributed by atoms with van der Waals surface area (Å²) in [7, 11) is 1.77. The molecule has 0 heterocycles. The van der Waals surface area contributed by atoms with Crippen molar-refractivity contribution in [3.05, 3.63) is 66.0 Å². The molecule has 0 fully saturated rings. The van der Waals surface area contributed by atoms with Crippen LogP contribution < -0.4 is 4.90 Å². The van der Waals surface area contributed by atoms with Crippen molar-refractivity contribution in [2.45, 2.75) is 12.1 Å². The zero-order chi connectivity index (χ0) is 14.5. The van der Waals surface area contributed by atoms with Gasteiger partial charge in [0.25, 0.3) is 0 Å². The molecule has 2 N–H and O–H groups in total. The summed E-state index contributed by atoms with van der Waals surface area (Å²) >= 11 is 0. The van der Waals surface area contributed by atoms with Crippen molar-refractivity contribution < 1.29 is 14.6 Å². The van der Waals surface area contributed by atoms with E-state index in [1.54, 1.807) is 30.1 Å². The van der Waals surface area contributed by atoms with Crippen LogP contribution >= 0.6 is 0 Å². The minimum absolute atomic E-state index is 0.361. The van der Waals surface area contributed by atoms with Crippen LogP contribution in [0.2, 0.25) is 0 Å². The number of aliphatic hydroxyl groups excluding tert-OH is 2. The first kappa shape index (κ1) is 14.5. The van der Waals surface area contributed by atoms with Crippen LogP contribution in [0.25, 0.3) is 0 Å². The molecule has 0 aromatic heterocycles. The molecule has 20 heavy (non-hydrogen) atoms. The topological polar surface area (TPSA) is 43.7 Å². The fourth-order valence-electron chi connectivity index (χ4n) is 2.31. The lowest BCUT2D eigenvalue weighted by Crippen LogP contribution is -2.36. The molecule has 0 spiro atoms. The second-order valence-corrected chi connectivity index (χ2v) is 4.66. The van der Waals surface area contributed by atoms with Crippen LogP contribution in [-0.4, -0.2) is 30.0 Å². The molecular formula is C16H18FNO2. The average Bonchev–Trinajstić information content (AvgIpc) is 2.50. The molecule has 2 aromatic rings. The van der Waals surface area contributed by atoms with Crippen molar-refractivity contribution in [1.29, 1.82) is 0 Å². The van der Waals surface area contributed by atoms with E-state index in [0.717, 1.165) is 5.69 Å². The Balaban J connectivity index is 2.41. The Bertz CT molecular complexity index is 547. The summed E-state index contributed by atoms with van der Waals surface area (Å²) in [5, 5.41) is 19.3. The van der Waals surface area contributed by atoms with E-state index < -0.39 is 24.6 Å². The second-order valence-electron chi connectivity index (χ2n) is 4.66. The van der Waals surface area contributed by atoms with E-state index in [9.17, 15) is 14.6 Å². The second kappa shape index (κ2) is 6.50. The van der Waals surface area contributed by atoms with Gasteiger partial charge in [0.2, 0.25) is 0 Å². The SMILES string of the molecule is CN(c1ccccc1)C(c1ccccc1F)C(O)CO. The van der Waals surface area contributed by atoms with Crippen LogP contribution in [-0.2, 0) is 0 Å². The Kier molecular flexibility index (Phi) is 4.71. The molecule has 2 aromatic carbocycles. The van der Waals surface area contributed by atoms with Crippen molar-refractivity contribution in [3.63, 3.8) is 0 Å². The molecule has 0 aliphatic carbocycles. The number of nitrogens with zero attached hydrogens (tertiary/aromatic N) is 1. The number of anilines is 1. The van der Waals surface area contributed by atoms with Gasteiger partial charge in [-0.1, -0.05) is 36.4 Å². The number of benzene rings is 2. The van der Waals surface area contributed by atoms with Crippen molar-refractivity contribution >= 4 is 5.69 Å². The molecule has 0 saturated heterocycles. The van der Waals surface area contributed by atoms with Crippen molar-refractivity contribution in [3.8, 4) is 0 Å². The number of hydrogen-bond donors (Lipinski definition) is 2. The Morgan fingerprint density at radius 3 is 2.25 bits per heavy atom. The van der Waals surface area contributed by atoms with Crippen molar-refractivity contribution in [1.82, 2.24) is 0 Å². The highest BCUT2D eigenvalue weighted by Crippen LogP contribution is 2.29. The minimum Gasteiger partial charge on any atom is -0.394 e. The summed E-state index contributed by atoms with van der Waals surface area (Å²) in [5.74, 6) is -0.396. The summed E-state index contributed by atoms with van der Waals surface area (Å²) in [5.41, 5.74) is 1.20. The first-order valence-corrected chi connectivity index (χ1v) is 6.46. The maximum atomic E-state index is 14.0. The van der Waals surface area contributed by atoms with Crippen molar-refractivity contribution in [2.24, 2.45) is 0 Å². The Hall–Kier alpha value is -1.91. The van der Waals surface area contributed by atoms with Crippen LogP contribution in [0, 0.1) is 5.82 Å². The van der Waals surface area contributed by atoms with Crippen LogP contribution in [0.4, 0.5) is 10.1 Å². The number of likely N-dealkylation sites (N-methyl/N-ethyl adjacent to an activating group) is 1. The van der Waals surface area contributed by atoms with E-state index in [-0.39, 0.29) is 0 Å². The Labute approximate surface area is 117 Å². The Morgan fingerprint density at radius 2 is 1.65 bits per heavy atom. The standard InChI is InChI=1S/C16H18FNO2/c1-18(12-7-3-2-4-8-12)16(15(20)11-19)13-9-5-6-10-14(13)17/h2-10,15-16,19-20H,11H2,1H3. The van der Waals surface area contributed by atoms with Crippen LogP contribution in [0.5, 0.6) is 0 Å². The molecule has 2 atom stereocenters. The minimum atomic E-state index is -1.07. The highest BCUT2D eigenvalue weighted by molar-refractivity contribution is 5.48. The van der Waals surface area contributed by atoms with Crippen LogP contribution in [0.15, 0.2) is 54.6 Å². The zero-order valence-electron chi connectivity index (χ0n) is 11.3. The maximum Gasteiger partial charge on any atom is 0.128 e. The number of aliphatic hydroxyl groups is 2. The summed E-state index contributed by atoms with van der Waals surface area (Å²) < 4.78 is 14.0. The monoisotopic (exact) mass is 275 g/mol. The molecule has 0 aliphatic rings. The lowest BCUT2D eigenvalue weighted by molar-refractivity contribution is 0.0716. The molecule has 0 bridgehead atoms. The molecule has 106 valence electrons. The largest absolute Gasteiger partial charge is 0.394 e. The van der Waals surface area contributed by atoms with E-state index in [1.165, 1.54) is 6.07 Å². The fraction of sp³-hybridized carbons (Fsp3) is 0.250. The van der Waals surface area contributed by atoms with E-state index in [4.69, 9.17) is 0 Å². The third-order valence-electron chi connectivity index (χ3n) is 3.36. The number of hydrogen-bond acceptors (Lipinski definition) is 3. The fourth-order valence-corrected chi connectivity index (χ4v) is 2.31. The molecule has 3 nitrogen and oxygen atoms in total. The predicted octanol–water partition coefficient (Wildman–Crippen LogP) is 2.36. The van der Waals surface area contributed by atoms with Crippen LogP contribution in [0.3, 0.4) is 0 Å². The van der Waals surface area contributed by atoms with Gasteiger partial charge < -0.3 is 15.1 Å². The van der Waals surface area contributed by atoms with Gasteiger partial charge in [-0.3, -0.25) is 0 Å². The van der Waals surface area contributed by atoms with Gasteiger partial charge in [0.15, 0.2) is 0 Å². The quantitative estimate of drug-likeness (QED) is 0.880. The molecule has 0 amide bonds. The Morgan fingerprint density at radius 1 is 1.05 bits per heavy atom. The highest BCUT2D eigenvalue weighted by Gasteiger charge is 2.27. The van der Waals surface area contributed by atoms with E-state index in [0.29, 0.717) is 5.56 Å². The van der Waals surface area contributed by atoms with Gasteiger partial charge >= 0.3 is 0 Å². The number of halogens is 1. The molecule has 0 saturated carbocycles. The lowest BCUT2D eigenvalue weighted by atomic mass is 9.99. The van der Waals surface area contributed by atoms with Gasteiger partial charge in [0.05, 0.1) is 12.6 Å². The highest BCUT2D eigenvalue weighted by atomic mass is 19.1. The normalized spacial score (nSPS) is 13.8. The van der Waals surface area contributed by atoms with E-state index >= 15 is 0 Å². The molecule has 2 unspecified atom stereocenters. The summed E-state index contributed by atoms with van der Waals surface area (Å²) in [6.45, 7) is -0.434. The predicted molar refractivity (Wildman–Crippen MR) is 77.1 cm³/mol. The lowest BCUT2D eigenvalue weighted by Gasteiger charge is -2.33. The molecular weight excluding hydrogens is 257 g/mol. The smallest absolute Gasteiger partial charge is 0.128 e. The maximum absolute atomic E-state index is 14.0. The molecule has 0 aliphatic heterocycles. The van der Waals surface area contributed by atoms with Gasteiger partial charge in [-0.15, -0.1) is 0 Å². The molecule has 4 heteroatoms. The van der Waals surface area contributed by atoms with Gasteiger partial charge in [0.1, 0.15) is 11.9 Å². The summed E-state index contributed by atoms with van der Waals surface area (Å²) in [6, 6.07) is 15.0. The first-order chi connectivity index (χ1) is 9.65. The third-order valence-corrected chi connectivity index (χ3v) is 3.36. The first-order valence-electron chi connectivity index (χ1n) is 6.46. The molecule has 2 rings (SSSR count). The zero-order valence-corrected chi connectivity index (χ0v) is 11.3.